The van der Waals surface area contributed by atoms with Crippen molar-refractivity contribution in [3.05, 3.63) is 24.3 Å². The van der Waals surface area contributed by atoms with Crippen molar-refractivity contribution in [2.45, 2.75) is 40.5 Å². The maximum atomic E-state index is 11.2. The molecule has 0 aromatic heterocycles. The van der Waals surface area contributed by atoms with Gasteiger partial charge < -0.3 is 19.5 Å². The fourth-order valence-electron chi connectivity index (χ4n) is 1.13. The van der Waals surface area contributed by atoms with Gasteiger partial charge in [-0.25, -0.2) is 14.4 Å². The number of ether oxygens (including phenoxy) is 2. The zero-order valence-corrected chi connectivity index (χ0v) is 16.0. The van der Waals surface area contributed by atoms with E-state index in [1.807, 2.05) is 13.8 Å². The third-order valence-corrected chi connectivity index (χ3v) is 3.03. The Hall–Kier alpha value is -2.31. The monoisotopic (exact) mass is 357 g/mol. The van der Waals surface area contributed by atoms with Crippen molar-refractivity contribution in [2.75, 3.05) is 26.8 Å². The summed E-state index contributed by atoms with van der Waals surface area (Å²) in [4.78, 5) is 33.4. The third-order valence-electron chi connectivity index (χ3n) is 3.03. The molecule has 7 heteroatoms. The molecule has 1 N–H and O–H groups in total. The van der Waals surface area contributed by atoms with Crippen LogP contribution in [-0.4, -0.2) is 54.8 Å². The van der Waals surface area contributed by atoms with E-state index in [9.17, 15) is 14.4 Å². The lowest BCUT2D eigenvalue weighted by Gasteiger charge is -2.14. The van der Waals surface area contributed by atoms with E-state index in [4.69, 9.17) is 14.6 Å². The minimum absolute atomic E-state index is 0.0368. The number of hydrogen-bond acceptors (Lipinski definition) is 5. The van der Waals surface area contributed by atoms with Gasteiger partial charge in [-0.15, -0.1) is 0 Å². The maximum Gasteiger partial charge on any atom is 0.407 e. The van der Waals surface area contributed by atoms with Crippen molar-refractivity contribution < 1.29 is 29.0 Å². The van der Waals surface area contributed by atoms with Gasteiger partial charge in [0.2, 0.25) is 0 Å². The summed E-state index contributed by atoms with van der Waals surface area (Å²) in [6.07, 6.45) is 0.927. The van der Waals surface area contributed by atoms with Gasteiger partial charge in [0.25, 0.3) is 0 Å². The molecule has 0 aliphatic carbocycles. The Kier molecular flexibility index (Phi) is 14.0. The van der Waals surface area contributed by atoms with E-state index < -0.39 is 12.1 Å². The van der Waals surface area contributed by atoms with Gasteiger partial charge in [-0.3, -0.25) is 0 Å². The quantitative estimate of drug-likeness (QED) is 0.387. The molecule has 0 radical (unpaired) electrons. The van der Waals surface area contributed by atoms with Gasteiger partial charge >= 0.3 is 18.0 Å². The average molecular weight is 357 g/mol. The van der Waals surface area contributed by atoms with Gasteiger partial charge in [0, 0.05) is 18.2 Å². The normalized spacial score (nSPS) is 9.52. The minimum atomic E-state index is -1.05. The molecule has 0 atom stereocenters. The Morgan fingerprint density at radius 3 is 2.00 bits per heavy atom. The number of amides is 1. The van der Waals surface area contributed by atoms with Crippen molar-refractivity contribution in [3.8, 4) is 0 Å². The average Bonchev–Trinajstić information content (AvgIpc) is 2.54. The lowest BCUT2D eigenvalue weighted by atomic mass is 10.1. The van der Waals surface area contributed by atoms with E-state index in [0.29, 0.717) is 17.8 Å². The first kappa shape index (κ1) is 24.9. The van der Waals surface area contributed by atoms with E-state index >= 15 is 0 Å². The first-order valence-electron chi connectivity index (χ1n) is 8.17. The number of carbonyl (C=O) groups excluding carboxylic acids is 2. The van der Waals surface area contributed by atoms with E-state index in [0.717, 1.165) is 17.7 Å². The van der Waals surface area contributed by atoms with E-state index in [1.54, 1.807) is 6.92 Å². The second-order valence-electron chi connectivity index (χ2n) is 5.79. The molecule has 0 aromatic carbocycles. The number of carboxylic acid groups (broad SMARTS) is 1. The molecule has 7 nitrogen and oxygen atoms in total. The van der Waals surface area contributed by atoms with Crippen molar-refractivity contribution in [1.82, 2.24) is 4.90 Å². The number of nitrogens with zero attached hydrogens (tertiary/aromatic N) is 1. The van der Waals surface area contributed by atoms with Crippen LogP contribution in [0.2, 0.25) is 0 Å². The van der Waals surface area contributed by atoms with Crippen molar-refractivity contribution in [2.24, 2.45) is 5.92 Å². The predicted octanol–water partition coefficient (Wildman–Crippen LogP) is 3.26. The first-order valence-corrected chi connectivity index (χ1v) is 8.17. The summed E-state index contributed by atoms with van der Waals surface area (Å²) in [6, 6.07) is 0. The molecule has 0 rings (SSSR count). The molecule has 0 spiro atoms. The fraction of sp³-hybridized carbons (Fsp3) is 0.611. The highest BCUT2D eigenvalue weighted by Crippen LogP contribution is 2.08. The molecule has 25 heavy (non-hydrogen) atoms. The highest BCUT2D eigenvalue weighted by Gasteiger charge is 2.12. The lowest BCUT2D eigenvalue weighted by molar-refractivity contribution is -0.140. The molecule has 0 saturated heterocycles. The highest BCUT2D eigenvalue weighted by molar-refractivity contribution is 5.88. The van der Waals surface area contributed by atoms with Gasteiger partial charge in [-0.05, 0) is 19.3 Å². The van der Waals surface area contributed by atoms with Crippen LogP contribution in [0.1, 0.15) is 40.5 Å². The molecule has 0 saturated carbocycles. The second-order valence-corrected chi connectivity index (χ2v) is 5.79. The summed E-state index contributed by atoms with van der Waals surface area (Å²) in [7, 11) is 1.41. The predicted molar refractivity (Wildman–Crippen MR) is 96.3 cm³/mol. The number of likely N-dealkylation sites (N-methyl/N-ethyl adjacent to an activating group) is 1. The first-order chi connectivity index (χ1) is 11.5. The van der Waals surface area contributed by atoms with Gasteiger partial charge in [0.15, 0.2) is 0 Å². The Balaban J connectivity index is 0. The number of unbranched alkanes of at least 4 members (excludes halogenated alkanes) is 1. The zero-order chi connectivity index (χ0) is 20.0. The molecule has 0 bridgehead atoms. The molecule has 0 heterocycles. The third kappa shape index (κ3) is 13.8. The Labute approximate surface area is 150 Å². The number of hydrogen-bond donors (Lipinski definition) is 1. The Bertz CT molecular complexity index is 470. The number of carbonyl (C=O) groups is 3. The van der Waals surface area contributed by atoms with Gasteiger partial charge in [-0.2, -0.15) is 0 Å². The molecule has 0 aliphatic rings. The molecule has 0 aliphatic heterocycles. The van der Waals surface area contributed by atoms with Crippen LogP contribution < -0.4 is 0 Å². The second kappa shape index (κ2) is 14.1. The minimum Gasteiger partial charge on any atom is -0.465 e. The summed E-state index contributed by atoms with van der Waals surface area (Å²) in [5.74, 6) is -0.716. The van der Waals surface area contributed by atoms with Crippen LogP contribution in [0.4, 0.5) is 4.79 Å². The molecular formula is C18H31NO6. The molecule has 0 unspecified atom stereocenters. The SMILES string of the molecule is C=C(C(=O)OCCN(C)C(=O)O)C(C)C.C=C(C)C(=O)OCCCC. The van der Waals surface area contributed by atoms with Crippen LogP contribution >= 0.6 is 0 Å². The smallest absolute Gasteiger partial charge is 0.407 e. The van der Waals surface area contributed by atoms with Crippen LogP contribution in [0, 0.1) is 5.92 Å². The summed E-state index contributed by atoms with van der Waals surface area (Å²) >= 11 is 0. The van der Waals surface area contributed by atoms with Crippen LogP contribution in [-0.2, 0) is 19.1 Å². The van der Waals surface area contributed by atoms with Crippen LogP contribution in [0.3, 0.4) is 0 Å². The lowest BCUT2D eigenvalue weighted by Crippen LogP contribution is -2.29. The van der Waals surface area contributed by atoms with Crippen LogP contribution in [0.25, 0.3) is 0 Å². The van der Waals surface area contributed by atoms with Crippen molar-refractivity contribution in [3.63, 3.8) is 0 Å². The molecule has 0 aromatic rings. The summed E-state index contributed by atoms with van der Waals surface area (Å²) in [5.41, 5.74) is 0.865. The van der Waals surface area contributed by atoms with Crippen molar-refractivity contribution in [1.29, 1.82) is 0 Å². The Morgan fingerprint density at radius 1 is 1.08 bits per heavy atom. The Morgan fingerprint density at radius 2 is 1.60 bits per heavy atom. The molecule has 144 valence electrons. The summed E-state index contributed by atoms with van der Waals surface area (Å²) in [6.45, 7) is 15.1. The molecule has 1 amide bonds. The molecule has 0 fully saturated rings. The van der Waals surface area contributed by atoms with Gasteiger partial charge in [0.05, 0.1) is 13.2 Å². The van der Waals surface area contributed by atoms with E-state index in [-0.39, 0.29) is 25.0 Å². The van der Waals surface area contributed by atoms with Gasteiger partial charge in [0.1, 0.15) is 6.61 Å². The van der Waals surface area contributed by atoms with E-state index in [1.165, 1.54) is 7.05 Å². The number of esters is 2. The summed E-state index contributed by atoms with van der Waals surface area (Å²) < 4.78 is 9.65. The number of rotatable bonds is 9. The standard InChI is InChI=1S/C10H17NO4.C8H14O2/c1-7(2)8(3)9(12)15-6-5-11(4)10(13)14;1-4-5-6-10-8(9)7(2)3/h7H,3,5-6H2,1-2,4H3,(H,13,14);2,4-6H2,1,3H3. The summed E-state index contributed by atoms with van der Waals surface area (Å²) in [5, 5.41) is 8.51. The molecular weight excluding hydrogens is 326 g/mol. The maximum absolute atomic E-state index is 11.2. The van der Waals surface area contributed by atoms with E-state index in [2.05, 4.69) is 20.1 Å². The van der Waals surface area contributed by atoms with Crippen molar-refractivity contribution >= 4 is 18.0 Å². The van der Waals surface area contributed by atoms with Crippen LogP contribution in [0.15, 0.2) is 24.3 Å². The topological polar surface area (TPSA) is 93.1 Å². The van der Waals surface area contributed by atoms with Gasteiger partial charge in [-0.1, -0.05) is 40.3 Å². The fourth-order valence-corrected chi connectivity index (χ4v) is 1.13. The zero-order valence-electron chi connectivity index (χ0n) is 16.0. The highest BCUT2D eigenvalue weighted by atomic mass is 16.5. The van der Waals surface area contributed by atoms with Crippen LogP contribution in [0.5, 0.6) is 0 Å². The largest absolute Gasteiger partial charge is 0.465 e.